The zero-order valence-electron chi connectivity index (χ0n) is 14.6. The molecule has 5 nitrogen and oxygen atoms in total. The SMILES string of the molecule is COc1ccc(Cl)cc1NC(=O)c1cccc(NC(=O)C(C)(C)C)c1. The third-order valence-corrected chi connectivity index (χ3v) is 3.71. The number of nitrogens with one attached hydrogen (secondary N) is 2. The van der Waals surface area contributed by atoms with Gasteiger partial charge in [-0.2, -0.15) is 0 Å². The van der Waals surface area contributed by atoms with Gasteiger partial charge in [0.2, 0.25) is 5.91 Å². The molecule has 0 bridgehead atoms. The highest BCUT2D eigenvalue weighted by Gasteiger charge is 2.21. The highest BCUT2D eigenvalue weighted by atomic mass is 35.5. The molecule has 25 heavy (non-hydrogen) atoms. The number of carbonyl (C=O) groups is 2. The number of benzene rings is 2. The van der Waals surface area contributed by atoms with E-state index in [9.17, 15) is 9.59 Å². The van der Waals surface area contributed by atoms with E-state index in [2.05, 4.69) is 10.6 Å². The molecule has 2 aromatic rings. The van der Waals surface area contributed by atoms with Crippen LogP contribution < -0.4 is 15.4 Å². The minimum atomic E-state index is -0.521. The molecule has 0 saturated heterocycles. The van der Waals surface area contributed by atoms with E-state index in [1.54, 1.807) is 42.5 Å². The minimum Gasteiger partial charge on any atom is -0.495 e. The molecule has 2 N–H and O–H groups in total. The van der Waals surface area contributed by atoms with Crippen molar-refractivity contribution >= 4 is 34.8 Å². The lowest BCUT2D eigenvalue weighted by Gasteiger charge is -2.18. The first kappa shape index (κ1) is 18.8. The molecule has 2 aromatic carbocycles. The van der Waals surface area contributed by atoms with Gasteiger partial charge in [-0.3, -0.25) is 9.59 Å². The average Bonchev–Trinajstić information content (AvgIpc) is 2.54. The molecule has 2 amide bonds. The lowest BCUT2D eigenvalue weighted by atomic mass is 9.95. The van der Waals surface area contributed by atoms with Gasteiger partial charge in [0.1, 0.15) is 5.75 Å². The highest BCUT2D eigenvalue weighted by Crippen LogP contribution is 2.28. The predicted molar refractivity (Wildman–Crippen MR) is 100 cm³/mol. The first-order valence-electron chi connectivity index (χ1n) is 7.77. The molecule has 0 unspecified atom stereocenters. The fourth-order valence-corrected chi connectivity index (χ4v) is 2.20. The largest absolute Gasteiger partial charge is 0.495 e. The monoisotopic (exact) mass is 360 g/mol. The molecule has 0 radical (unpaired) electrons. The molecule has 0 aliphatic heterocycles. The van der Waals surface area contributed by atoms with Crippen molar-refractivity contribution in [3.8, 4) is 5.75 Å². The fraction of sp³-hybridized carbons (Fsp3) is 0.263. The van der Waals surface area contributed by atoms with E-state index in [0.29, 0.717) is 27.7 Å². The van der Waals surface area contributed by atoms with Crippen LogP contribution in [0.3, 0.4) is 0 Å². The minimum absolute atomic E-state index is 0.124. The maximum absolute atomic E-state index is 12.5. The Kier molecular flexibility index (Phi) is 5.69. The first-order valence-corrected chi connectivity index (χ1v) is 8.15. The number of rotatable bonds is 4. The second-order valence-electron chi connectivity index (χ2n) is 6.58. The van der Waals surface area contributed by atoms with Crippen LogP contribution in [-0.4, -0.2) is 18.9 Å². The maximum atomic E-state index is 12.5. The van der Waals surface area contributed by atoms with E-state index in [1.807, 2.05) is 20.8 Å². The van der Waals surface area contributed by atoms with E-state index < -0.39 is 5.41 Å². The van der Waals surface area contributed by atoms with Crippen molar-refractivity contribution in [1.29, 1.82) is 0 Å². The Morgan fingerprint density at radius 1 is 1.04 bits per heavy atom. The van der Waals surface area contributed by atoms with Crippen LogP contribution in [0.15, 0.2) is 42.5 Å². The van der Waals surface area contributed by atoms with Gasteiger partial charge in [-0.25, -0.2) is 0 Å². The van der Waals surface area contributed by atoms with Crippen molar-refractivity contribution in [2.45, 2.75) is 20.8 Å². The summed E-state index contributed by atoms with van der Waals surface area (Å²) in [5.41, 5.74) is 0.926. The Labute approximate surface area is 152 Å². The molecule has 0 aliphatic rings. The van der Waals surface area contributed by atoms with Gasteiger partial charge in [0.15, 0.2) is 0 Å². The molecule has 0 aliphatic carbocycles. The second-order valence-corrected chi connectivity index (χ2v) is 7.02. The quantitative estimate of drug-likeness (QED) is 0.838. The van der Waals surface area contributed by atoms with E-state index >= 15 is 0 Å². The highest BCUT2D eigenvalue weighted by molar-refractivity contribution is 6.31. The zero-order chi connectivity index (χ0) is 18.6. The Morgan fingerprint density at radius 2 is 1.76 bits per heavy atom. The Balaban J connectivity index is 2.19. The van der Waals surface area contributed by atoms with Crippen LogP contribution in [-0.2, 0) is 4.79 Å². The van der Waals surface area contributed by atoms with Crippen LogP contribution in [0.1, 0.15) is 31.1 Å². The third kappa shape index (κ3) is 4.97. The summed E-state index contributed by atoms with van der Waals surface area (Å²) in [5.74, 6) is 0.0592. The van der Waals surface area contributed by atoms with Crippen LogP contribution in [0.2, 0.25) is 5.02 Å². The number of amides is 2. The van der Waals surface area contributed by atoms with Crippen LogP contribution in [0.25, 0.3) is 0 Å². The summed E-state index contributed by atoms with van der Waals surface area (Å²) in [6, 6.07) is 11.7. The van der Waals surface area contributed by atoms with Gasteiger partial charge in [0.25, 0.3) is 5.91 Å². The summed E-state index contributed by atoms with van der Waals surface area (Å²) < 4.78 is 5.22. The first-order chi connectivity index (χ1) is 11.7. The van der Waals surface area contributed by atoms with E-state index in [-0.39, 0.29) is 11.8 Å². The molecule has 0 atom stereocenters. The molecule has 132 valence electrons. The van der Waals surface area contributed by atoms with Crippen LogP contribution >= 0.6 is 11.6 Å². The summed E-state index contributed by atoms with van der Waals surface area (Å²) >= 11 is 5.97. The number of anilines is 2. The molecular weight excluding hydrogens is 340 g/mol. The normalized spacial score (nSPS) is 10.9. The Bertz CT molecular complexity index is 797. The number of carbonyl (C=O) groups excluding carboxylic acids is 2. The lowest BCUT2D eigenvalue weighted by Crippen LogP contribution is -2.27. The van der Waals surface area contributed by atoms with Gasteiger partial charge in [0, 0.05) is 21.7 Å². The number of hydrogen-bond donors (Lipinski definition) is 2. The standard InChI is InChI=1S/C19H21ClN2O3/c1-19(2,3)18(24)21-14-7-5-6-12(10-14)17(23)22-15-11-13(20)8-9-16(15)25-4/h5-11H,1-4H3,(H,21,24)(H,22,23). The average molecular weight is 361 g/mol. The Morgan fingerprint density at radius 3 is 2.40 bits per heavy atom. The molecule has 0 saturated carbocycles. The summed E-state index contributed by atoms with van der Waals surface area (Å²) in [6.45, 7) is 5.47. The van der Waals surface area contributed by atoms with E-state index in [1.165, 1.54) is 7.11 Å². The van der Waals surface area contributed by atoms with E-state index in [0.717, 1.165) is 0 Å². The van der Waals surface area contributed by atoms with Gasteiger partial charge in [0.05, 0.1) is 12.8 Å². The van der Waals surface area contributed by atoms with Gasteiger partial charge < -0.3 is 15.4 Å². The number of hydrogen-bond acceptors (Lipinski definition) is 3. The van der Waals surface area contributed by atoms with Gasteiger partial charge in [-0.15, -0.1) is 0 Å². The lowest BCUT2D eigenvalue weighted by molar-refractivity contribution is -0.123. The zero-order valence-corrected chi connectivity index (χ0v) is 15.4. The van der Waals surface area contributed by atoms with Gasteiger partial charge >= 0.3 is 0 Å². The van der Waals surface area contributed by atoms with E-state index in [4.69, 9.17) is 16.3 Å². The molecule has 0 spiro atoms. The number of methoxy groups -OCH3 is 1. The number of halogens is 1. The van der Waals surface area contributed by atoms with Crippen molar-refractivity contribution in [3.05, 3.63) is 53.1 Å². The third-order valence-electron chi connectivity index (χ3n) is 3.47. The summed E-state index contributed by atoms with van der Waals surface area (Å²) in [7, 11) is 1.52. The van der Waals surface area contributed by atoms with Crippen molar-refractivity contribution in [2.24, 2.45) is 5.41 Å². The topological polar surface area (TPSA) is 67.4 Å². The smallest absolute Gasteiger partial charge is 0.255 e. The number of ether oxygens (including phenoxy) is 1. The molecule has 0 aromatic heterocycles. The molecule has 6 heteroatoms. The van der Waals surface area contributed by atoms with Crippen molar-refractivity contribution in [2.75, 3.05) is 17.7 Å². The summed E-state index contributed by atoms with van der Waals surface area (Å²) in [4.78, 5) is 24.6. The summed E-state index contributed by atoms with van der Waals surface area (Å²) in [5, 5.41) is 6.06. The molecule has 0 fully saturated rings. The van der Waals surface area contributed by atoms with Crippen LogP contribution in [0.5, 0.6) is 5.75 Å². The maximum Gasteiger partial charge on any atom is 0.255 e. The molecular formula is C19H21ClN2O3. The molecule has 2 rings (SSSR count). The van der Waals surface area contributed by atoms with Crippen LogP contribution in [0.4, 0.5) is 11.4 Å². The second kappa shape index (κ2) is 7.57. The van der Waals surface area contributed by atoms with Gasteiger partial charge in [-0.1, -0.05) is 38.4 Å². The molecule has 0 heterocycles. The van der Waals surface area contributed by atoms with Crippen molar-refractivity contribution in [3.63, 3.8) is 0 Å². The van der Waals surface area contributed by atoms with Crippen molar-refractivity contribution < 1.29 is 14.3 Å². The Hall–Kier alpha value is -2.53. The fourth-order valence-electron chi connectivity index (χ4n) is 2.03. The van der Waals surface area contributed by atoms with Crippen LogP contribution in [0, 0.1) is 5.41 Å². The van der Waals surface area contributed by atoms with Gasteiger partial charge in [-0.05, 0) is 36.4 Å². The predicted octanol–water partition coefficient (Wildman–Crippen LogP) is 4.59. The summed E-state index contributed by atoms with van der Waals surface area (Å²) in [6.07, 6.45) is 0. The van der Waals surface area contributed by atoms with Crippen molar-refractivity contribution in [1.82, 2.24) is 0 Å².